The Hall–Kier alpha value is -2.69. The topological polar surface area (TPSA) is 46.5 Å². The van der Waals surface area contributed by atoms with Gasteiger partial charge in [-0.25, -0.2) is 13.6 Å². The van der Waals surface area contributed by atoms with Gasteiger partial charge in [-0.3, -0.25) is 0 Å². The maximum atomic E-state index is 14.0. The zero-order chi connectivity index (χ0) is 15.0. The van der Waals surface area contributed by atoms with E-state index in [1.165, 1.54) is 30.3 Å². The molecule has 0 aromatic heterocycles. The van der Waals surface area contributed by atoms with Gasteiger partial charge < -0.3 is 9.84 Å². The first-order valence-corrected chi connectivity index (χ1v) is 6.23. The molecular formula is C16H10F2O3. The van der Waals surface area contributed by atoms with E-state index in [1.807, 2.05) is 0 Å². The number of benzene rings is 2. The first kappa shape index (κ1) is 13.3. The molecule has 0 saturated heterocycles. The SMILES string of the molecule is O=C(O)c1ccc2c(c1)C(c1cccc(F)c1F)=CCO2. The van der Waals surface area contributed by atoms with Crippen LogP contribution in [0.4, 0.5) is 8.78 Å². The summed E-state index contributed by atoms with van der Waals surface area (Å²) >= 11 is 0. The molecule has 2 aromatic rings. The Morgan fingerprint density at radius 1 is 1.14 bits per heavy atom. The largest absolute Gasteiger partial charge is 0.489 e. The van der Waals surface area contributed by atoms with Crippen LogP contribution < -0.4 is 4.74 Å². The number of fused-ring (bicyclic) bond motifs is 1. The molecule has 0 radical (unpaired) electrons. The van der Waals surface area contributed by atoms with Gasteiger partial charge in [0.05, 0.1) is 5.56 Å². The fraction of sp³-hybridized carbons (Fsp3) is 0.0625. The summed E-state index contributed by atoms with van der Waals surface area (Å²) in [6.07, 6.45) is 1.60. The predicted molar refractivity (Wildman–Crippen MR) is 72.3 cm³/mol. The van der Waals surface area contributed by atoms with Gasteiger partial charge in [0, 0.05) is 11.1 Å². The summed E-state index contributed by atoms with van der Waals surface area (Å²) in [6.45, 7) is 0.213. The average Bonchev–Trinajstić information content (AvgIpc) is 2.49. The molecule has 5 heteroatoms. The second-order valence-electron chi connectivity index (χ2n) is 4.55. The van der Waals surface area contributed by atoms with E-state index >= 15 is 0 Å². The van der Waals surface area contributed by atoms with Crippen molar-refractivity contribution in [1.82, 2.24) is 0 Å². The Morgan fingerprint density at radius 2 is 1.95 bits per heavy atom. The van der Waals surface area contributed by atoms with Crippen LogP contribution in [0.1, 0.15) is 21.5 Å². The number of carboxylic acid groups (broad SMARTS) is 1. The van der Waals surface area contributed by atoms with Gasteiger partial charge in [-0.05, 0) is 35.9 Å². The summed E-state index contributed by atoms with van der Waals surface area (Å²) in [7, 11) is 0. The van der Waals surface area contributed by atoms with Crippen LogP contribution in [-0.4, -0.2) is 17.7 Å². The maximum absolute atomic E-state index is 14.0. The van der Waals surface area contributed by atoms with Crippen LogP contribution in [0.25, 0.3) is 5.57 Å². The zero-order valence-electron chi connectivity index (χ0n) is 10.8. The van der Waals surface area contributed by atoms with Crippen LogP contribution in [0.2, 0.25) is 0 Å². The van der Waals surface area contributed by atoms with Crippen molar-refractivity contribution in [1.29, 1.82) is 0 Å². The Morgan fingerprint density at radius 3 is 2.71 bits per heavy atom. The maximum Gasteiger partial charge on any atom is 0.335 e. The molecule has 0 fully saturated rings. The van der Waals surface area contributed by atoms with Crippen LogP contribution in [0.5, 0.6) is 5.75 Å². The van der Waals surface area contributed by atoms with Crippen LogP contribution in [-0.2, 0) is 0 Å². The average molecular weight is 288 g/mol. The number of aromatic carboxylic acids is 1. The highest BCUT2D eigenvalue weighted by atomic mass is 19.2. The van der Waals surface area contributed by atoms with Gasteiger partial charge in [-0.1, -0.05) is 12.1 Å². The van der Waals surface area contributed by atoms with E-state index < -0.39 is 17.6 Å². The first-order chi connectivity index (χ1) is 10.1. The lowest BCUT2D eigenvalue weighted by Gasteiger charge is -2.20. The molecule has 0 spiro atoms. The van der Waals surface area contributed by atoms with Gasteiger partial charge >= 0.3 is 5.97 Å². The highest BCUT2D eigenvalue weighted by Gasteiger charge is 2.21. The monoisotopic (exact) mass is 288 g/mol. The van der Waals surface area contributed by atoms with E-state index in [4.69, 9.17) is 9.84 Å². The smallest absolute Gasteiger partial charge is 0.335 e. The van der Waals surface area contributed by atoms with E-state index in [-0.39, 0.29) is 17.7 Å². The Bertz CT molecular complexity index is 766. The number of halogens is 2. The first-order valence-electron chi connectivity index (χ1n) is 6.23. The molecule has 0 aliphatic carbocycles. The summed E-state index contributed by atoms with van der Waals surface area (Å²) in [5.41, 5.74) is 1.01. The number of hydrogen-bond donors (Lipinski definition) is 1. The van der Waals surface area contributed by atoms with Crippen molar-refractivity contribution in [3.8, 4) is 5.75 Å². The highest BCUT2D eigenvalue weighted by molar-refractivity contribution is 5.92. The normalized spacial score (nSPS) is 13.1. The van der Waals surface area contributed by atoms with Crippen LogP contribution in [0.15, 0.2) is 42.5 Å². The lowest BCUT2D eigenvalue weighted by atomic mass is 9.93. The van der Waals surface area contributed by atoms with Crippen LogP contribution >= 0.6 is 0 Å². The summed E-state index contributed by atoms with van der Waals surface area (Å²) in [5, 5.41) is 9.05. The second-order valence-corrected chi connectivity index (χ2v) is 4.55. The quantitative estimate of drug-likeness (QED) is 0.920. The number of rotatable bonds is 2. The standard InChI is InChI=1S/C16H10F2O3/c17-13-3-1-2-11(15(13)18)10-6-7-21-14-5-4-9(16(19)20)8-12(10)14/h1-6,8H,7H2,(H,19,20). The minimum atomic E-state index is -1.09. The molecule has 3 rings (SSSR count). The molecule has 1 heterocycles. The minimum Gasteiger partial charge on any atom is -0.489 e. The van der Waals surface area contributed by atoms with E-state index in [1.54, 1.807) is 6.08 Å². The minimum absolute atomic E-state index is 0.0574. The molecule has 1 aliphatic rings. The lowest BCUT2D eigenvalue weighted by Crippen LogP contribution is -2.08. The van der Waals surface area contributed by atoms with Crippen molar-refractivity contribution < 1.29 is 23.4 Å². The summed E-state index contributed by atoms with van der Waals surface area (Å²) in [4.78, 5) is 11.1. The summed E-state index contributed by atoms with van der Waals surface area (Å²) in [6, 6.07) is 8.22. The van der Waals surface area contributed by atoms with E-state index in [0.717, 1.165) is 6.07 Å². The van der Waals surface area contributed by atoms with Crippen molar-refractivity contribution >= 4 is 11.5 Å². The Balaban J connectivity index is 2.18. The van der Waals surface area contributed by atoms with Crippen molar-refractivity contribution in [2.24, 2.45) is 0 Å². The molecule has 21 heavy (non-hydrogen) atoms. The molecule has 0 atom stereocenters. The molecule has 106 valence electrons. The lowest BCUT2D eigenvalue weighted by molar-refractivity contribution is 0.0697. The van der Waals surface area contributed by atoms with Gasteiger partial charge in [-0.15, -0.1) is 0 Å². The number of carboxylic acids is 1. The van der Waals surface area contributed by atoms with Crippen molar-refractivity contribution in [3.63, 3.8) is 0 Å². The van der Waals surface area contributed by atoms with Gasteiger partial charge in [0.1, 0.15) is 12.4 Å². The third kappa shape index (κ3) is 2.27. The van der Waals surface area contributed by atoms with Gasteiger partial charge in [-0.2, -0.15) is 0 Å². The summed E-state index contributed by atoms with van der Waals surface area (Å²) in [5.74, 6) is -2.56. The van der Waals surface area contributed by atoms with Crippen LogP contribution in [0.3, 0.4) is 0 Å². The molecule has 1 aliphatic heterocycles. The molecule has 1 N–H and O–H groups in total. The number of carbonyl (C=O) groups is 1. The van der Waals surface area contributed by atoms with Crippen molar-refractivity contribution in [2.75, 3.05) is 6.61 Å². The predicted octanol–water partition coefficient (Wildman–Crippen LogP) is 3.49. The second kappa shape index (κ2) is 5.01. The van der Waals surface area contributed by atoms with E-state index in [9.17, 15) is 13.6 Å². The zero-order valence-corrected chi connectivity index (χ0v) is 10.8. The molecule has 2 aromatic carbocycles. The van der Waals surface area contributed by atoms with Gasteiger partial charge in [0.2, 0.25) is 0 Å². The molecule has 0 unspecified atom stereocenters. The van der Waals surface area contributed by atoms with E-state index in [0.29, 0.717) is 16.9 Å². The van der Waals surface area contributed by atoms with E-state index in [2.05, 4.69) is 0 Å². The highest BCUT2D eigenvalue weighted by Crippen LogP contribution is 2.36. The third-order valence-electron chi connectivity index (χ3n) is 3.28. The number of ether oxygens (including phenoxy) is 1. The molecular weight excluding hydrogens is 278 g/mol. The summed E-state index contributed by atoms with van der Waals surface area (Å²) < 4.78 is 32.8. The molecule has 0 bridgehead atoms. The van der Waals surface area contributed by atoms with Gasteiger partial charge in [0.25, 0.3) is 0 Å². The van der Waals surface area contributed by atoms with Crippen molar-refractivity contribution in [3.05, 3.63) is 70.8 Å². The molecule has 0 saturated carbocycles. The molecule has 3 nitrogen and oxygen atoms in total. The molecule has 0 amide bonds. The fourth-order valence-electron chi connectivity index (χ4n) is 2.29. The van der Waals surface area contributed by atoms with Gasteiger partial charge in [0.15, 0.2) is 11.6 Å². The fourth-order valence-corrected chi connectivity index (χ4v) is 2.29. The third-order valence-corrected chi connectivity index (χ3v) is 3.28. The number of hydrogen-bond acceptors (Lipinski definition) is 2. The van der Waals surface area contributed by atoms with Crippen molar-refractivity contribution in [2.45, 2.75) is 0 Å². The van der Waals surface area contributed by atoms with Crippen LogP contribution in [0, 0.1) is 11.6 Å². The Kier molecular flexibility index (Phi) is 3.17. The Labute approximate surface area is 119 Å².